The van der Waals surface area contributed by atoms with Gasteiger partial charge in [0.2, 0.25) is 0 Å². The lowest BCUT2D eigenvalue weighted by Gasteiger charge is -2.47. The summed E-state index contributed by atoms with van der Waals surface area (Å²) in [6, 6.07) is 9.84. The first-order chi connectivity index (χ1) is 18.6. The molecule has 2 atom stereocenters. The zero-order valence-electron chi connectivity index (χ0n) is 23.1. The number of fused-ring (bicyclic) bond motifs is 2. The number of carbonyl (C=O) groups is 2. The highest BCUT2D eigenvalue weighted by molar-refractivity contribution is 5.92. The molecule has 0 radical (unpaired) electrons. The fourth-order valence-corrected chi connectivity index (χ4v) is 5.99. The van der Waals surface area contributed by atoms with Crippen LogP contribution in [0.2, 0.25) is 0 Å². The van der Waals surface area contributed by atoms with E-state index in [0.29, 0.717) is 19.3 Å². The highest BCUT2D eigenvalue weighted by Gasteiger charge is 2.47. The Kier molecular flexibility index (Phi) is 9.02. The number of imidazole rings is 1. The average Bonchev–Trinajstić information content (AvgIpc) is 3.29. The average molecular weight is 540 g/mol. The molecule has 1 aliphatic carbocycles. The summed E-state index contributed by atoms with van der Waals surface area (Å²) in [4.78, 5) is 34.0. The van der Waals surface area contributed by atoms with Crippen molar-refractivity contribution in [2.75, 3.05) is 33.9 Å². The van der Waals surface area contributed by atoms with Crippen molar-refractivity contribution in [3.63, 3.8) is 0 Å². The summed E-state index contributed by atoms with van der Waals surface area (Å²) in [6.07, 6.45) is 3.52. The monoisotopic (exact) mass is 539 g/mol. The number of hydrogen-bond donors (Lipinski definition) is 2. The van der Waals surface area contributed by atoms with E-state index < -0.39 is 11.6 Å². The molecule has 2 N–H and O–H groups in total. The van der Waals surface area contributed by atoms with E-state index in [2.05, 4.69) is 35.8 Å². The Morgan fingerprint density at radius 3 is 2.74 bits per heavy atom. The van der Waals surface area contributed by atoms with E-state index >= 15 is 0 Å². The van der Waals surface area contributed by atoms with Crippen molar-refractivity contribution in [1.29, 1.82) is 0 Å². The second kappa shape index (κ2) is 12.3. The van der Waals surface area contributed by atoms with Gasteiger partial charge in [-0.25, -0.2) is 19.0 Å². The van der Waals surface area contributed by atoms with Crippen molar-refractivity contribution >= 4 is 23.0 Å². The Bertz CT molecular complexity index is 1320. The molecule has 1 aromatic heterocycles. The molecular weight excluding hydrogens is 501 g/mol. The van der Waals surface area contributed by atoms with Gasteiger partial charge in [-0.3, -0.25) is 0 Å². The summed E-state index contributed by atoms with van der Waals surface area (Å²) in [5, 5.41) is 9.21. The molecule has 1 aliphatic rings. The molecule has 0 saturated heterocycles. The summed E-state index contributed by atoms with van der Waals surface area (Å²) < 4.78 is 25.3. The highest BCUT2D eigenvalue weighted by atomic mass is 19.1. The molecule has 0 amide bonds. The lowest BCUT2D eigenvalue weighted by atomic mass is 9.65. The number of aromatic nitrogens is 2. The Morgan fingerprint density at radius 2 is 2.03 bits per heavy atom. The predicted molar refractivity (Wildman–Crippen MR) is 146 cm³/mol. The van der Waals surface area contributed by atoms with Gasteiger partial charge in [0.1, 0.15) is 23.8 Å². The molecule has 3 aromatic rings. The largest absolute Gasteiger partial charge is 0.478 e. The number of carboxylic acids is 1. The third-order valence-electron chi connectivity index (χ3n) is 7.72. The zero-order valence-corrected chi connectivity index (χ0v) is 23.1. The number of halogens is 1. The highest BCUT2D eigenvalue weighted by Crippen LogP contribution is 2.48. The molecule has 2 aromatic carbocycles. The summed E-state index contributed by atoms with van der Waals surface area (Å²) in [7, 11) is 3.53. The third-order valence-corrected chi connectivity index (χ3v) is 7.72. The van der Waals surface area contributed by atoms with E-state index in [0.717, 1.165) is 53.9 Å². The van der Waals surface area contributed by atoms with Crippen molar-refractivity contribution in [3.8, 4) is 0 Å². The number of nitrogens with one attached hydrogen (secondary N) is 1. The van der Waals surface area contributed by atoms with Gasteiger partial charge in [-0.05, 0) is 80.2 Å². The maximum absolute atomic E-state index is 14.0. The van der Waals surface area contributed by atoms with Gasteiger partial charge >= 0.3 is 11.9 Å². The van der Waals surface area contributed by atoms with Crippen molar-refractivity contribution in [3.05, 3.63) is 64.7 Å². The van der Waals surface area contributed by atoms with E-state index in [9.17, 15) is 19.1 Å². The number of aryl methyl sites for hydroxylation is 2. The summed E-state index contributed by atoms with van der Waals surface area (Å²) in [6.45, 7) is 5.68. The zero-order chi connectivity index (χ0) is 28.2. The third kappa shape index (κ3) is 6.65. The number of H-pyrrole nitrogens is 1. The van der Waals surface area contributed by atoms with Gasteiger partial charge in [-0.2, -0.15) is 0 Å². The molecule has 0 bridgehead atoms. The summed E-state index contributed by atoms with van der Waals surface area (Å²) in [5.41, 5.74) is 3.04. The molecule has 0 fully saturated rings. The number of esters is 1. The Hall–Kier alpha value is -3.30. The van der Waals surface area contributed by atoms with Gasteiger partial charge in [0, 0.05) is 32.4 Å². The molecular formula is C30H38FN3O5. The van der Waals surface area contributed by atoms with Crippen molar-refractivity contribution in [1.82, 2.24) is 14.9 Å². The Morgan fingerprint density at radius 1 is 1.23 bits per heavy atom. The van der Waals surface area contributed by atoms with Gasteiger partial charge in [-0.15, -0.1) is 0 Å². The van der Waals surface area contributed by atoms with Gasteiger partial charge in [-0.1, -0.05) is 19.9 Å². The van der Waals surface area contributed by atoms with Crippen LogP contribution >= 0.6 is 0 Å². The van der Waals surface area contributed by atoms with Crippen molar-refractivity contribution in [2.45, 2.75) is 57.5 Å². The lowest BCUT2D eigenvalue weighted by Crippen LogP contribution is -2.49. The van der Waals surface area contributed by atoms with Crippen molar-refractivity contribution < 1.29 is 28.6 Å². The first kappa shape index (κ1) is 28.7. The first-order valence-electron chi connectivity index (χ1n) is 13.5. The second-order valence-electron chi connectivity index (χ2n) is 10.9. The quantitative estimate of drug-likeness (QED) is 0.313. The SMILES string of the molecule is COCC(=O)OC1(CCN(C)CCCc2nc3ccc(C(=O)O)cc3[nH]2)CCc2cc(F)ccc2C1C(C)C. The molecule has 4 rings (SSSR count). The topological polar surface area (TPSA) is 105 Å². The van der Waals surface area contributed by atoms with Crippen molar-refractivity contribution in [2.24, 2.45) is 5.92 Å². The maximum atomic E-state index is 14.0. The number of hydrogen-bond acceptors (Lipinski definition) is 6. The fraction of sp³-hybridized carbons (Fsp3) is 0.500. The molecule has 0 aliphatic heterocycles. The van der Waals surface area contributed by atoms with Crippen LogP contribution in [0.1, 0.15) is 66.3 Å². The minimum absolute atomic E-state index is 0.0534. The van der Waals surface area contributed by atoms with E-state index in [4.69, 9.17) is 9.47 Å². The lowest BCUT2D eigenvalue weighted by molar-refractivity contribution is -0.172. The molecule has 8 nitrogen and oxygen atoms in total. The number of ether oxygens (including phenoxy) is 2. The predicted octanol–water partition coefficient (Wildman–Crippen LogP) is 4.97. The smallest absolute Gasteiger partial charge is 0.335 e. The van der Waals surface area contributed by atoms with Gasteiger partial charge in [0.05, 0.1) is 16.6 Å². The van der Waals surface area contributed by atoms with Crippen LogP contribution in [-0.2, 0) is 27.1 Å². The van der Waals surface area contributed by atoms with E-state index in [1.165, 1.54) is 13.2 Å². The molecule has 9 heteroatoms. The number of nitrogens with zero attached hydrogens (tertiary/aromatic N) is 2. The second-order valence-corrected chi connectivity index (χ2v) is 10.9. The van der Waals surface area contributed by atoms with Crippen LogP contribution in [0, 0.1) is 11.7 Å². The minimum atomic E-state index is -0.964. The number of carboxylic acid groups (broad SMARTS) is 1. The maximum Gasteiger partial charge on any atom is 0.335 e. The van der Waals surface area contributed by atoms with E-state index in [1.807, 2.05) is 6.07 Å². The van der Waals surface area contributed by atoms with Gasteiger partial charge in [0.25, 0.3) is 0 Å². The number of aromatic amines is 1. The normalized spacial score (nSPS) is 19.0. The van der Waals surface area contributed by atoms with Crippen LogP contribution in [0.15, 0.2) is 36.4 Å². The number of carbonyl (C=O) groups excluding carboxylic acids is 1. The fourth-order valence-electron chi connectivity index (χ4n) is 5.99. The van der Waals surface area contributed by atoms with Crippen LogP contribution in [0.3, 0.4) is 0 Å². The summed E-state index contributed by atoms with van der Waals surface area (Å²) in [5.74, 6) is -0.637. The van der Waals surface area contributed by atoms with E-state index in [-0.39, 0.29) is 35.8 Å². The van der Waals surface area contributed by atoms with Crippen LogP contribution in [0.25, 0.3) is 11.0 Å². The van der Waals surface area contributed by atoms with Crippen LogP contribution in [0.4, 0.5) is 4.39 Å². The van der Waals surface area contributed by atoms with Crippen LogP contribution in [-0.4, -0.2) is 71.4 Å². The van der Waals surface area contributed by atoms with Crippen LogP contribution < -0.4 is 0 Å². The number of aromatic carboxylic acids is 1. The van der Waals surface area contributed by atoms with Gasteiger partial charge < -0.3 is 24.5 Å². The molecule has 210 valence electrons. The molecule has 0 spiro atoms. The summed E-state index contributed by atoms with van der Waals surface area (Å²) >= 11 is 0. The minimum Gasteiger partial charge on any atom is -0.478 e. The standard InChI is InChI=1S/C30H38FN3O5/c1-19(2)28-23-9-8-22(31)16-20(23)11-12-30(28,39-27(35)18-38-4)13-15-34(3)14-5-6-26-32-24-10-7-21(29(36)37)17-25(24)33-26/h7-10,16-17,19,28H,5-6,11-15,18H2,1-4H3,(H,32,33)(H,36,37). The number of benzene rings is 2. The van der Waals surface area contributed by atoms with Crippen LogP contribution in [0.5, 0.6) is 0 Å². The number of rotatable bonds is 12. The Balaban J connectivity index is 1.43. The molecule has 2 unspecified atom stereocenters. The Labute approximate surface area is 228 Å². The van der Waals surface area contributed by atoms with Gasteiger partial charge in [0.15, 0.2) is 0 Å². The number of methoxy groups -OCH3 is 1. The molecule has 0 saturated carbocycles. The molecule has 1 heterocycles. The molecule has 39 heavy (non-hydrogen) atoms. The van der Waals surface area contributed by atoms with E-state index in [1.54, 1.807) is 24.3 Å². The first-order valence-corrected chi connectivity index (χ1v) is 13.5.